The first kappa shape index (κ1) is 12.0. The van der Waals surface area contributed by atoms with Crippen LogP contribution in [0.1, 0.15) is 29.3 Å². The van der Waals surface area contributed by atoms with E-state index in [9.17, 15) is 23.7 Å². The lowest BCUT2D eigenvalue weighted by Crippen LogP contribution is -2.05. The van der Waals surface area contributed by atoms with Gasteiger partial charge < -0.3 is 5.11 Å². The molecule has 16 heavy (non-hydrogen) atoms. The molecule has 0 amide bonds. The molecule has 1 rings (SSSR count). The van der Waals surface area contributed by atoms with Gasteiger partial charge in [-0.1, -0.05) is 0 Å². The van der Waals surface area contributed by atoms with Crippen molar-refractivity contribution in [1.29, 1.82) is 0 Å². The Hall–Kier alpha value is -2.05. The number of hydrogen-bond acceptors (Lipinski definition) is 4. The van der Waals surface area contributed by atoms with Crippen molar-refractivity contribution in [2.75, 3.05) is 0 Å². The Labute approximate surface area is 88.5 Å². The first-order valence-electron chi connectivity index (χ1n) is 4.15. The van der Waals surface area contributed by atoms with Crippen LogP contribution in [0.2, 0.25) is 0 Å². The first-order valence-corrected chi connectivity index (χ1v) is 4.15. The number of phenolic OH excluding ortho intramolecular Hbond substituents is 1. The van der Waals surface area contributed by atoms with Gasteiger partial charge in [0.15, 0.2) is 5.78 Å². The minimum atomic E-state index is -3.07. The molecule has 1 aromatic rings. The fourth-order valence-electron chi connectivity index (χ4n) is 1.33. The molecule has 1 aromatic carbocycles. The molecular formula is C9H7F2NO4. The smallest absolute Gasteiger partial charge is 0.284 e. The SMILES string of the molecule is CC(=O)c1c(C(F)F)cc(O)cc1[N+](=O)[O-]. The van der Waals surface area contributed by atoms with Gasteiger partial charge in [0.2, 0.25) is 0 Å². The monoisotopic (exact) mass is 231 g/mol. The number of Topliss-reactive ketones (excluding diaryl/α,β-unsaturated/α-hetero) is 1. The summed E-state index contributed by atoms with van der Waals surface area (Å²) in [6, 6.07) is 1.32. The lowest BCUT2D eigenvalue weighted by molar-refractivity contribution is -0.385. The van der Waals surface area contributed by atoms with Crippen LogP contribution in [0.5, 0.6) is 5.75 Å². The van der Waals surface area contributed by atoms with Crippen LogP contribution in [-0.2, 0) is 0 Å². The maximum absolute atomic E-state index is 12.5. The van der Waals surface area contributed by atoms with Gasteiger partial charge in [-0.25, -0.2) is 8.78 Å². The molecular weight excluding hydrogens is 224 g/mol. The summed E-state index contributed by atoms with van der Waals surface area (Å²) in [5, 5.41) is 19.6. The number of ketones is 1. The highest BCUT2D eigenvalue weighted by molar-refractivity contribution is 6.00. The average Bonchev–Trinajstić information content (AvgIpc) is 2.15. The van der Waals surface area contributed by atoms with E-state index in [4.69, 9.17) is 5.11 Å². The maximum Gasteiger partial charge on any atom is 0.284 e. The fourth-order valence-corrected chi connectivity index (χ4v) is 1.33. The summed E-state index contributed by atoms with van der Waals surface area (Å²) in [7, 11) is 0. The number of nitro groups is 1. The third kappa shape index (κ3) is 2.13. The van der Waals surface area contributed by atoms with E-state index in [1.165, 1.54) is 0 Å². The number of nitro benzene ring substituents is 1. The molecule has 0 aliphatic heterocycles. The largest absolute Gasteiger partial charge is 0.508 e. The highest BCUT2D eigenvalue weighted by atomic mass is 19.3. The topological polar surface area (TPSA) is 80.4 Å². The predicted octanol–water partition coefficient (Wildman–Crippen LogP) is 2.44. The lowest BCUT2D eigenvalue weighted by atomic mass is 10.0. The summed E-state index contributed by atoms with van der Waals surface area (Å²) in [5.74, 6) is -1.52. The van der Waals surface area contributed by atoms with Gasteiger partial charge >= 0.3 is 0 Å². The van der Waals surface area contributed by atoms with E-state index in [1.54, 1.807) is 0 Å². The van der Waals surface area contributed by atoms with Gasteiger partial charge in [0.25, 0.3) is 12.1 Å². The van der Waals surface area contributed by atoms with Crippen LogP contribution < -0.4 is 0 Å². The van der Waals surface area contributed by atoms with Crippen LogP contribution in [0.15, 0.2) is 12.1 Å². The van der Waals surface area contributed by atoms with Gasteiger partial charge in [-0.2, -0.15) is 0 Å². The summed E-state index contributed by atoms with van der Waals surface area (Å²) in [5.41, 5.74) is -2.32. The molecule has 1 N–H and O–H groups in total. The molecule has 0 aliphatic carbocycles. The molecule has 0 aliphatic rings. The summed E-state index contributed by atoms with van der Waals surface area (Å²) in [6.45, 7) is 0.950. The number of carbonyl (C=O) groups is 1. The van der Waals surface area contributed by atoms with Crippen LogP contribution in [0.25, 0.3) is 0 Å². The van der Waals surface area contributed by atoms with Crippen molar-refractivity contribution >= 4 is 11.5 Å². The molecule has 0 fully saturated rings. The van der Waals surface area contributed by atoms with Crippen molar-refractivity contribution < 1.29 is 23.6 Å². The fraction of sp³-hybridized carbons (Fsp3) is 0.222. The van der Waals surface area contributed by atoms with Crippen molar-refractivity contribution in [2.45, 2.75) is 13.3 Å². The number of rotatable bonds is 3. The molecule has 0 saturated heterocycles. The molecule has 0 saturated carbocycles. The third-order valence-electron chi connectivity index (χ3n) is 1.92. The van der Waals surface area contributed by atoms with Crippen molar-refractivity contribution in [3.8, 4) is 5.75 Å². The Morgan fingerprint density at radius 3 is 2.44 bits per heavy atom. The number of aromatic hydroxyl groups is 1. The van der Waals surface area contributed by atoms with E-state index in [1.807, 2.05) is 0 Å². The Morgan fingerprint density at radius 2 is 2.06 bits per heavy atom. The Kier molecular flexibility index (Phi) is 3.17. The van der Waals surface area contributed by atoms with Crippen LogP contribution in [0, 0.1) is 10.1 Å². The molecule has 0 unspecified atom stereocenters. The number of carbonyl (C=O) groups excluding carboxylic acids is 1. The van der Waals surface area contributed by atoms with Gasteiger partial charge in [0, 0.05) is 5.56 Å². The Bertz CT molecular complexity index is 459. The van der Waals surface area contributed by atoms with Crippen LogP contribution >= 0.6 is 0 Å². The Balaban J connectivity index is 3.60. The molecule has 0 radical (unpaired) electrons. The van der Waals surface area contributed by atoms with Gasteiger partial charge in [-0.05, 0) is 13.0 Å². The number of alkyl halides is 2. The molecule has 0 aromatic heterocycles. The maximum atomic E-state index is 12.5. The summed E-state index contributed by atoms with van der Waals surface area (Å²) < 4.78 is 25.1. The quantitative estimate of drug-likeness (QED) is 0.492. The number of nitrogens with zero attached hydrogens (tertiary/aromatic N) is 1. The summed E-state index contributed by atoms with van der Waals surface area (Å²) in [4.78, 5) is 20.7. The van der Waals surface area contributed by atoms with Gasteiger partial charge in [0.05, 0.1) is 11.0 Å². The van der Waals surface area contributed by atoms with E-state index < -0.39 is 39.7 Å². The van der Waals surface area contributed by atoms with E-state index in [0.29, 0.717) is 12.1 Å². The van der Waals surface area contributed by atoms with Crippen molar-refractivity contribution in [2.24, 2.45) is 0 Å². The third-order valence-corrected chi connectivity index (χ3v) is 1.92. The van der Waals surface area contributed by atoms with Gasteiger partial charge in [-0.3, -0.25) is 14.9 Å². The lowest BCUT2D eigenvalue weighted by Gasteiger charge is -2.07. The molecule has 0 bridgehead atoms. The second kappa shape index (κ2) is 4.21. The first-order chi connectivity index (χ1) is 7.34. The summed E-state index contributed by atoms with van der Waals surface area (Å²) >= 11 is 0. The van der Waals surface area contributed by atoms with Crippen LogP contribution in [-0.4, -0.2) is 15.8 Å². The molecule has 7 heteroatoms. The number of benzene rings is 1. The van der Waals surface area contributed by atoms with Crippen molar-refractivity contribution in [3.63, 3.8) is 0 Å². The number of halogens is 2. The molecule has 0 atom stereocenters. The zero-order valence-corrected chi connectivity index (χ0v) is 8.11. The van der Waals surface area contributed by atoms with Crippen LogP contribution in [0.4, 0.5) is 14.5 Å². The molecule has 86 valence electrons. The second-order valence-corrected chi connectivity index (χ2v) is 3.04. The van der Waals surface area contributed by atoms with Gasteiger partial charge in [0.1, 0.15) is 11.3 Å². The predicted molar refractivity (Wildman–Crippen MR) is 49.7 cm³/mol. The minimum Gasteiger partial charge on any atom is -0.508 e. The van der Waals surface area contributed by atoms with Gasteiger partial charge in [-0.15, -0.1) is 0 Å². The number of phenols is 1. The highest BCUT2D eigenvalue weighted by Crippen LogP contribution is 2.34. The molecule has 0 heterocycles. The standard InChI is InChI=1S/C9H7F2NO4/c1-4(13)8-6(9(10)11)2-5(14)3-7(8)12(15)16/h2-3,9,14H,1H3. The van der Waals surface area contributed by atoms with E-state index in [0.717, 1.165) is 6.92 Å². The highest BCUT2D eigenvalue weighted by Gasteiger charge is 2.27. The van der Waals surface area contributed by atoms with E-state index in [2.05, 4.69) is 0 Å². The molecule has 5 nitrogen and oxygen atoms in total. The van der Waals surface area contributed by atoms with Crippen LogP contribution in [0.3, 0.4) is 0 Å². The Morgan fingerprint density at radius 1 is 1.50 bits per heavy atom. The average molecular weight is 231 g/mol. The number of hydrogen-bond donors (Lipinski definition) is 1. The minimum absolute atomic E-state index is 0.647. The second-order valence-electron chi connectivity index (χ2n) is 3.04. The van der Waals surface area contributed by atoms with E-state index >= 15 is 0 Å². The summed E-state index contributed by atoms with van der Waals surface area (Å²) in [6.07, 6.45) is -3.07. The van der Waals surface area contributed by atoms with E-state index in [-0.39, 0.29) is 0 Å². The zero-order valence-electron chi connectivity index (χ0n) is 8.11. The zero-order chi connectivity index (χ0) is 12.5. The van der Waals surface area contributed by atoms with Crippen molar-refractivity contribution in [3.05, 3.63) is 33.4 Å². The van der Waals surface area contributed by atoms with Crippen molar-refractivity contribution in [1.82, 2.24) is 0 Å². The molecule has 0 spiro atoms. The normalized spacial score (nSPS) is 10.5.